The zero-order chi connectivity index (χ0) is 18.8. The summed E-state index contributed by atoms with van der Waals surface area (Å²) >= 11 is 0. The van der Waals surface area contributed by atoms with Gasteiger partial charge in [0.2, 0.25) is 0 Å². The molecule has 1 amide bonds. The molecule has 2 aromatic rings. The Balaban J connectivity index is 1.73. The van der Waals surface area contributed by atoms with Gasteiger partial charge in [-0.1, -0.05) is 12.1 Å². The van der Waals surface area contributed by atoms with Gasteiger partial charge in [-0.25, -0.2) is 13.2 Å². The minimum Gasteiger partial charge on any atom is -0.435 e. The largest absolute Gasteiger partial charge is 0.435 e. The highest BCUT2D eigenvalue weighted by Crippen LogP contribution is 2.39. The van der Waals surface area contributed by atoms with Gasteiger partial charge in [0.1, 0.15) is 28.8 Å². The van der Waals surface area contributed by atoms with Crippen molar-refractivity contribution in [3.05, 3.63) is 65.0 Å². The van der Waals surface area contributed by atoms with Gasteiger partial charge in [0, 0.05) is 18.0 Å². The van der Waals surface area contributed by atoms with Crippen LogP contribution in [-0.2, 0) is 0 Å². The van der Waals surface area contributed by atoms with E-state index in [1.807, 2.05) is 0 Å². The molecule has 26 heavy (non-hydrogen) atoms. The standard InChI is InChI=1S/C18H14F5NO2/c19-12-2-1-3-13(20)16(12)17(25)24-15-7-6-11(15)10-5-4-9(8-14(10)21)26-18(22)23/h1-5,8,11,15,18H,6-7H2,(H,24,25)/t11-,15-/m1/s1. The van der Waals surface area contributed by atoms with Crippen molar-refractivity contribution in [2.45, 2.75) is 31.4 Å². The number of carbonyl (C=O) groups is 1. The summed E-state index contributed by atoms with van der Waals surface area (Å²) in [6, 6.07) is 5.92. The van der Waals surface area contributed by atoms with E-state index in [4.69, 9.17) is 0 Å². The maximum absolute atomic E-state index is 14.2. The Morgan fingerprint density at radius 2 is 1.73 bits per heavy atom. The molecular formula is C18H14F5NO2. The number of rotatable bonds is 5. The molecule has 0 bridgehead atoms. The molecule has 0 unspecified atom stereocenters. The SMILES string of the molecule is O=C(N[C@@H]1CC[C@@H]1c1ccc(OC(F)F)cc1F)c1c(F)cccc1F. The summed E-state index contributed by atoms with van der Waals surface area (Å²) in [5.41, 5.74) is -0.475. The Morgan fingerprint density at radius 1 is 1.04 bits per heavy atom. The third-order valence-corrected chi connectivity index (χ3v) is 4.38. The van der Waals surface area contributed by atoms with Gasteiger partial charge in [0.05, 0.1) is 0 Å². The normalized spacial score (nSPS) is 19.2. The van der Waals surface area contributed by atoms with Gasteiger partial charge in [-0.15, -0.1) is 0 Å². The summed E-state index contributed by atoms with van der Waals surface area (Å²) in [5.74, 6) is -4.38. The number of ether oxygens (including phenoxy) is 1. The quantitative estimate of drug-likeness (QED) is 0.792. The van der Waals surface area contributed by atoms with E-state index >= 15 is 0 Å². The number of halogens is 5. The van der Waals surface area contributed by atoms with Crippen LogP contribution in [0.5, 0.6) is 5.75 Å². The monoisotopic (exact) mass is 371 g/mol. The fourth-order valence-electron chi connectivity index (χ4n) is 2.99. The predicted octanol–water partition coefficient (Wildman–Crippen LogP) is 4.38. The van der Waals surface area contributed by atoms with Crippen LogP contribution in [-0.4, -0.2) is 18.6 Å². The van der Waals surface area contributed by atoms with Gasteiger partial charge in [0.15, 0.2) is 0 Å². The first-order valence-corrected chi connectivity index (χ1v) is 7.86. The molecule has 0 saturated heterocycles. The topological polar surface area (TPSA) is 38.3 Å². The van der Waals surface area contributed by atoms with Crippen LogP contribution in [0, 0.1) is 17.5 Å². The van der Waals surface area contributed by atoms with Crippen molar-refractivity contribution in [3.63, 3.8) is 0 Å². The summed E-state index contributed by atoms with van der Waals surface area (Å²) in [7, 11) is 0. The van der Waals surface area contributed by atoms with Crippen LogP contribution in [0.1, 0.15) is 34.7 Å². The third-order valence-electron chi connectivity index (χ3n) is 4.38. The summed E-state index contributed by atoms with van der Waals surface area (Å²) < 4.78 is 70.0. The van der Waals surface area contributed by atoms with E-state index in [1.54, 1.807) is 0 Å². The van der Waals surface area contributed by atoms with E-state index in [0.29, 0.717) is 12.8 Å². The molecule has 1 fully saturated rings. The highest BCUT2D eigenvalue weighted by atomic mass is 19.3. The highest BCUT2D eigenvalue weighted by molar-refractivity contribution is 5.95. The molecule has 1 aliphatic carbocycles. The van der Waals surface area contributed by atoms with Crippen molar-refractivity contribution in [2.75, 3.05) is 0 Å². The fraction of sp³-hybridized carbons (Fsp3) is 0.278. The lowest BCUT2D eigenvalue weighted by atomic mass is 9.74. The van der Waals surface area contributed by atoms with Crippen LogP contribution in [0.15, 0.2) is 36.4 Å². The van der Waals surface area contributed by atoms with Crippen molar-refractivity contribution in [1.29, 1.82) is 0 Å². The molecule has 2 atom stereocenters. The Morgan fingerprint density at radius 3 is 2.27 bits per heavy atom. The first kappa shape index (κ1) is 18.2. The number of alkyl halides is 2. The maximum Gasteiger partial charge on any atom is 0.387 e. The molecule has 0 radical (unpaired) electrons. The van der Waals surface area contributed by atoms with E-state index in [1.165, 1.54) is 12.1 Å². The van der Waals surface area contributed by atoms with Crippen molar-refractivity contribution in [1.82, 2.24) is 5.32 Å². The van der Waals surface area contributed by atoms with Gasteiger partial charge < -0.3 is 10.1 Å². The lowest BCUT2D eigenvalue weighted by molar-refractivity contribution is -0.0500. The molecule has 138 valence electrons. The second-order valence-electron chi connectivity index (χ2n) is 5.92. The summed E-state index contributed by atoms with van der Waals surface area (Å²) in [4.78, 5) is 12.1. The van der Waals surface area contributed by atoms with E-state index in [0.717, 1.165) is 24.3 Å². The number of carbonyl (C=O) groups excluding carboxylic acids is 1. The number of nitrogens with one attached hydrogen (secondary N) is 1. The summed E-state index contributed by atoms with van der Waals surface area (Å²) in [5, 5.41) is 2.50. The second-order valence-corrected chi connectivity index (χ2v) is 5.92. The average molecular weight is 371 g/mol. The van der Waals surface area contributed by atoms with Crippen LogP contribution in [0.4, 0.5) is 22.0 Å². The third kappa shape index (κ3) is 3.63. The first-order chi connectivity index (χ1) is 12.4. The van der Waals surface area contributed by atoms with E-state index in [2.05, 4.69) is 10.1 Å². The van der Waals surface area contributed by atoms with Crippen LogP contribution >= 0.6 is 0 Å². The van der Waals surface area contributed by atoms with Crippen LogP contribution in [0.25, 0.3) is 0 Å². The van der Waals surface area contributed by atoms with E-state index in [-0.39, 0.29) is 11.3 Å². The minimum absolute atomic E-state index is 0.220. The predicted molar refractivity (Wildman–Crippen MR) is 82.6 cm³/mol. The molecule has 0 heterocycles. The Kier molecular flexibility index (Phi) is 5.11. The van der Waals surface area contributed by atoms with Gasteiger partial charge >= 0.3 is 6.61 Å². The maximum atomic E-state index is 14.2. The zero-order valence-electron chi connectivity index (χ0n) is 13.3. The van der Waals surface area contributed by atoms with Crippen molar-refractivity contribution in [2.24, 2.45) is 0 Å². The van der Waals surface area contributed by atoms with Gasteiger partial charge in [-0.2, -0.15) is 8.78 Å². The molecular weight excluding hydrogens is 357 g/mol. The van der Waals surface area contributed by atoms with Crippen LogP contribution in [0.2, 0.25) is 0 Å². The average Bonchev–Trinajstić information content (AvgIpc) is 2.53. The molecule has 3 nitrogen and oxygen atoms in total. The van der Waals surface area contributed by atoms with Crippen molar-refractivity contribution >= 4 is 5.91 Å². The minimum atomic E-state index is -3.06. The second kappa shape index (κ2) is 7.31. The molecule has 3 rings (SSSR count). The number of benzene rings is 2. The molecule has 2 aromatic carbocycles. The Labute approximate surface area is 145 Å². The van der Waals surface area contributed by atoms with Crippen LogP contribution < -0.4 is 10.1 Å². The molecule has 1 saturated carbocycles. The van der Waals surface area contributed by atoms with Crippen molar-refractivity contribution < 1.29 is 31.5 Å². The highest BCUT2D eigenvalue weighted by Gasteiger charge is 2.36. The van der Waals surface area contributed by atoms with Gasteiger partial charge in [-0.05, 0) is 36.6 Å². The molecule has 8 heteroatoms. The number of hydrogen-bond donors (Lipinski definition) is 1. The zero-order valence-corrected chi connectivity index (χ0v) is 13.3. The molecule has 0 spiro atoms. The Hall–Kier alpha value is -2.64. The Bertz CT molecular complexity index is 807. The van der Waals surface area contributed by atoms with E-state index in [9.17, 15) is 26.7 Å². The van der Waals surface area contributed by atoms with E-state index < -0.39 is 47.5 Å². The fourth-order valence-corrected chi connectivity index (χ4v) is 2.99. The van der Waals surface area contributed by atoms with Gasteiger partial charge in [0.25, 0.3) is 5.91 Å². The smallest absolute Gasteiger partial charge is 0.387 e. The van der Waals surface area contributed by atoms with Crippen LogP contribution in [0.3, 0.4) is 0 Å². The molecule has 1 N–H and O–H groups in total. The summed E-state index contributed by atoms with van der Waals surface area (Å²) in [6.07, 6.45) is 1.04. The van der Waals surface area contributed by atoms with Crippen molar-refractivity contribution in [3.8, 4) is 5.75 Å². The lowest BCUT2D eigenvalue weighted by Crippen LogP contribution is -2.46. The number of hydrogen-bond acceptors (Lipinski definition) is 2. The molecule has 0 aromatic heterocycles. The molecule has 0 aliphatic heterocycles. The summed E-state index contributed by atoms with van der Waals surface area (Å²) in [6.45, 7) is -3.06. The molecule has 1 aliphatic rings. The first-order valence-electron chi connectivity index (χ1n) is 7.86. The van der Waals surface area contributed by atoms with Gasteiger partial charge in [-0.3, -0.25) is 4.79 Å². The number of amides is 1. The lowest BCUT2D eigenvalue weighted by Gasteiger charge is -2.37.